The third-order valence-electron chi connectivity index (χ3n) is 2.94. The van der Waals surface area contributed by atoms with Crippen LogP contribution in [0.4, 0.5) is 0 Å². The lowest BCUT2D eigenvalue weighted by molar-refractivity contribution is -0.156. The summed E-state index contributed by atoms with van der Waals surface area (Å²) in [5, 5.41) is 0. The first-order chi connectivity index (χ1) is 11.7. The van der Waals surface area contributed by atoms with Gasteiger partial charge in [-0.3, -0.25) is 28.2 Å². The number of nitrogens with zero attached hydrogens (tertiary/aromatic N) is 1. The number of ether oxygens (including phenoxy) is 2. The van der Waals surface area contributed by atoms with E-state index < -0.39 is 33.1 Å². The van der Waals surface area contributed by atoms with Crippen molar-refractivity contribution in [3.8, 4) is 0 Å². The Morgan fingerprint density at radius 2 is 1.56 bits per heavy atom. The highest BCUT2D eigenvalue weighted by molar-refractivity contribution is 7.53. The van der Waals surface area contributed by atoms with E-state index in [9.17, 15) is 14.2 Å². The molecule has 25 heavy (non-hydrogen) atoms. The van der Waals surface area contributed by atoms with Gasteiger partial charge in [-0.1, -0.05) is 33.8 Å². The minimum Gasteiger partial charge on any atom is -0.438 e. The Morgan fingerprint density at radius 3 is 1.96 bits per heavy atom. The molecule has 0 amide bonds. The molecule has 0 atom stereocenters. The summed E-state index contributed by atoms with van der Waals surface area (Å²) < 4.78 is 32.9. The van der Waals surface area contributed by atoms with Crippen molar-refractivity contribution >= 4 is 19.5 Å². The van der Waals surface area contributed by atoms with Gasteiger partial charge in [-0.25, -0.2) is 0 Å². The van der Waals surface area contributed by atoms with Gasteiger partial charge in [0.25, 0.3) is 0 Å². The summed E-state index contributed by atoms with van der Waals surface area (Å²) in [7, 11) is -3.71. The van der Waals surface area contributed by atoms with E-state index in [2.05, 4.69) is 4.98 Å². The second-order valence-corrected chi connectivity index (χ2v) is 7.91. The third kappa shape index (κ3) is 8.25. The molecule has 0 aliphatic carbocycles. The number of pyridine rings is 1. The maximum atomic E-state index is 12.8. The van der Waals surface area contributed by atoms with Crippen LogP contribution in [0.3, 0.4) is 0 Å². The zero-order valence-corrected chi connectivity index (χ0v) is 15.7. The molecule has 0 unspecified atom stereocenters. The summed E-state index contributed by atoms with van der Waals surface area (Å²) in [6, 6.07) is 3.38. The summed E-state index contributed by atoms with van der Waals surface area (Å²) in [5.74, 6) is -1.65. The molecule has 0 saturated heterocycles. The van der Waals surface area contributed by atoms with Gasteiger partial charge in [0.1, 0.15) is 0 Å². The fraction of sp³-hybridized carbons (Fsp3) is 0.562. The van der Waals surface area contributed by atoms with Gasteiger partial charge >= 0.3 is 19.5 Å². The lowest BCUT2D eigenvalue weighted by Crippen LogP contribution is -2.16. The molecule has 0 aliphatic rings. The van der Waals surface area contributed by atoms with E-state index in [1.165, 1.54) is 6.20 Å². The minimum atomic E-state index is -3.71. The first-order valence-electron chi connectivity index (χ1n) is 7.84. The molecule has 0 radical (unpaired) electrons. The monoisotopic (exact) mass is 373 g/mol. The van der Waals surface area contributed by atoms with Gasteiger partial charge < -0.3 is 9.47 Å². The van der Waals surface area contributed by atoms with Crippen LogP contribution in [-0.4, -0.2) is 30.5 Å². The Hall–Kier alpha value is -1.76. The molecule has 0 N–H and O–H groups in total. The zero-order valence-electron chi connectivity index (χ0n) is 14.8. The Balaban J connectivity index is 2.67. The fourth-order valence-corrected chi connectivity index (χ4v) is 2.82. The molecule has 0 fully saturated rings. The van der Waals surface area contributed by atoms with E-state index in [4.69, 9.17) is 18.5 Å². The lowest BCUT2D eigenvalue weighted by atomic mass is 10.2. The zero-order chi connectivity index (χ0) is 18.9. The quantitative estimate of drug-likeness (QED) is 0.350. The van der Waals surface area contributed by atoms with Crippen molar-refractivity contribution in [3.63, 3.8) is 0 Å². The highest BCUT2D eigenvalue weighted by atomic mass is 31.2. The van der Waals surface area contributed by atoms with Crippen LogP contribution >= 0.6 is 7.60 Å². The molecule has 1 aromatic rings. The SMILES string of the molecule is CC(C)C(=O)OCOP(=O)(Cc1cccnc1)OCOC(=O)C(C)C. The number of esters is 2. The molecule has 1 rings (SSSR count). The summed E-state index contributed by atoms with van der Waals surface area (Å²) >= 11 is 0. The second-order valence-electron chi connectivity index (χ2n) is 5.86. The molecule has 0 saturated carbocycles. The molecular weight excluding hydrogens is 349 g/mol. The van der Waals surface area contributed by atoms with Crippen molar-refractivity contribution in [3.05, 3.63) is 30.1 Å². The molecule has 0 aromatic carbocycles. The molecule has 8 nitrogen and oxygen atoms in total. The van der Waals surface area contributed by atoms with Gasteiger partial charge in [0, 0.05) is 12.4 Å². The van der Waals surface area contributed by atoms with Crippen molar-refractivity contribution in [2.24, 2.45) is 11.8 Å². The lowest BCUT2D eigenvalue weighted by Gasteiger charge is -2.19. The standard InChI is InChI=1S/C16H24NO7P/c1-12(2)15(18)21-10-23-25(20,9-14-6-5-7-17-8-14)24-11-22-16(19)13(3)4/h5-8,12-13H,9-11H2,1-4H3. The van der Waals surface area contributed by atoms with E-state index in [0.29, 0.717) is 5.56 Å². The van der Waals surface area contributed by atoms with E-state index in [-0.39, 0.29) is 18.0 Å². The maximum Gasteiger partial charge on any atom is 0.340 e. The average molecular weight is 373 g/mol. The molecule has 1 aromatic heterocycles. The van der Waals surface area contributed by atoms with Crippen molar-refractivity contribution in [1.82, 2.24) is 4.98 Å². The van der Waals surface area contributed by atoms with Crippen molar-refractivity contribution in [1.29, 1.82) is 0 Å². The predicted molar refractivity (Wildman–Crippen MR) is 89.3 cm³/mol. The van der Waals surface area contributed by atoms with E-state index >= 15 is 0 Å². The highest BCUT2D eigenvalue weighted by Gasteiger charge is 2.27. The van der Waals surface area contributed by atoms with Crippen LogP contribution in [0.25, 0.3) is 0 Å². The maximum absolute atomic E-state index is 12.8. The summed E-state index contributed by atoms with van der Waals surface area (Å²) in [4.78, 5) is 26.8. The third-order valence-corrected chi connectivity index (χ3v) is 4.69. The van der Waals surface area contributed by atoms with Crippen LogP contribution in [0.2, 0.25) is 0 Å². The molecule has 0 aliphatic heterocycles. The van der Waals surface area contributed by atoms with Gasteiger partial charge in [0.15, 0.2) is 0 Å². The number of carbonyl (C=O) groups excluding carboxylic acids is 2. The largest absolute Gasteiger partial charge is 0.438 e. The first kappa shape index (κ1) is 21.3. The Kier molecular flexibility index (Phi) is 8.75. The van der Waals surface area contributed by atoms with Gasteiger partial charge in [-0.15, -0.1) is 0 Å². The van der Waals surface area contributed by atoms with Crippen LogP contribution in [0, 0.1) is 11.8 Å². The summed E-state index contributed by atoms with van der Waals surface area (Å²) in [6.45, 7) is 5.62. The number of hydrogen-bond acceptors (Lipinski definition) is 8. The fourth-order valence-electron chi connectivity index (χ4n) is 1.51. The number of hydrogen-bond donors (Lipinski definition) is 0. The van der Waals surface area contributed by atoms with E-state index in [1.807, 2.05) is 0 Å². The molecule has 0 spiro atoms. The summed E-state index contributed by atoms with van der Waals surface area (Å²) in [5.41, 5.74) is 0.608. The van der Waals surface area contributed by atoms with Crippen LogP contribution in [0.5, 0.6) is 0 Å². The summed E-state index contributed by atoms with van der Waals surface area (Å²) in [6.07, 6.45) is 2.99. The van der Waals surface area contributed by atoms with Crippen molar-refractivity contribution in [2.45, 2.75) is 33.9 Å². The van der Waals surface area contributed by atoms with Crippen molar-refractivity contribution < 1.29 is 32.7 Å². The average Bonchev–Trinajstić information content (AvgIpc) is 2.55. The number of rotatable bonds is 10. The molecule has 1 heterocycles. The molecular formula is C16H24NO7P. The Labute approximate surface area is 147 Å². The Bertz CT molecular complexity index is 574. The molecule has 140 valence electrons. The molecule has 9 heteroatoms. The first-order valence-corrected chi connectivity index (χ1v) is 9.56. The highest BCUT2D eigenvalue weighted by Crippen LogP contribution is 2.51. The number of aromatic nitrogens is 1. The minimum absolute atomic E-state index is 0.0979. The van der Waals surface area contributed by atoms with Crippen LogP contribution in [-0.2, 0) is 38.8 Å². The van der Waals surface area contributed by atoms with E-state index in [1.54, 1.807) is 46.0 Å². The van der Waals surface area contributed by atoms with Gasteiger partial charge in [-0.2, -0.15) is 0 Å². The van der Waals surface area contributed by atoms with Gasteiger partial charge in [0.05, 0.1) is 18.0 Å². The van der Waals surface area contributed by atoms with Crippen LogP contribution < -0.4 is 0 Å². The van der Waals surface area contributed by atoms with Gasteiger partial charge in [0.2, 0.25) is 13.6 Å². The van der Waals surface area contributed by atoms with Crippen LogP contribution in [0.1, 0.15) is 33.3 Å². The van der Waals surface area contributed by atoms with E-state index in [0.717, 1.165) is 0 Å². The van der Waals surface area contributed by atoms with Crippen molar-refractivity contribution in [2.75, 3.05) is 13.6 Å². The smallest absolute Gasteiger partial charge is 0.340 e. The number of carbonyl (C=O) groups is 2. The predicted octanol–water partition coefficient (Wildman–Crippen LogP) is 3.12. The normalized spacial score (nSPS) is 11.6. The molecule has 0 bridgehead atoms. The van der Waals surface area contributed by atoms with Gasteiger partial charge in [-0.05, 0) is 11.6 Å². The van der Waals surface area contributed by atoms with Crippen LogP contribution in [0.15, 0.2) is 24.5 Å². The Morgan fingerprint density at radius 1 is 1.04 bits per heavy atom. The second kappa shape index (κ2) is 10.3. The topological polar surface area (TPSA) is 101 Å².